The number of rotatable bonds is 7. The van der Waals surface area contributed by atoms with Crippen molar-refractivity contribution in [3.8, 4) is 0 Å². The maximum absolute atomic E-state index is 10.1. The average molecular weight is 466 g/mol. The summed E-state index contributed by atoms with van der Waals surface area (Å²) < 4.78 is 0. The average Bonchev–Trinajstić information content (AvgIpc) is 3.38. The lowest BCUT2D eigenvalue weighted by atomic mass is 10.4. The van der Waals surface area contributed by atoms with Crippen LogP contribution in [-0.4, -0.2) is 82.6 Å². The van der Waals surface area contributed by atoms with Gasteiger partial charge in [0.2, 0.25) is 0 Å². The van der Waals surface area contributed by atoms with Gasteiger partial charge in [-0.15, -0.1) is 0 Å². The van der Waals surface area contributed by atoms with Gasteiger partial charge in [0.25, 0.3) is 0 Å². The minimum absolute atomic E-state index is 0. The summed E-state index contributed by atoms with van der Waals surface area (Å²) in [6, 6.07) is 0. The first kappa shape index (κ1) is 43.6. The molecule has 32 heavy (non-hydrogen) atoms. The summed E-state index contributed by atoms with van der Waals surface area (Å²) in [5.41, 5.74) is 4.16. The number of carbonyl (C=O) groups excluding carboxylic acids is 1. The van der Waals surface area contributed by atoms with Crippen LogP contribution in [0.5, 0.6) is 0 Å². The predicted molar refractivity (Wildman–Crippen MR) is 134 cm³/mol. The summed E-state index contributed by atoms with van der Waals surface area (Å²) in [5.74, 6) is 4.42. The van der Waals surface area contributed by atoms with E-state index in [0.29, 0.717) is 0 Å². The van der Waals surface area contributed by atoms with Crippen molar-refractivity contribution in [3.05, 3.63) is 23.8 Å². The van der Waals surface area contributed by atoms with Gasteiger partial charge in [-0.3, -0.25) is 16.1 Å². The summed E-state index contributed by atoms with van der Waals surface area (Å²) in [7, 11) is 8.87. The number of nitrogens with zero attached hydrogens (tertiary/aromatic N) is 5. The van der Waals surface area contributed by atoms with Crippen molar-refractivity contribution in [3.63, 3.8) is 0 Å². The van der Waals surface area contributed by atoms with Gasteiger partial charge in [0.05, 0.1) is 30.3 Å². The number of aromatic nitrogens is 6. The first-order valence-corrected chi connectivity index (χ1v) is 9.12. The molecule has 13 heteroatoms. The Bertz CT molecular complexity index is 549. The van der Waals surface area contributed by atoms with Crippen LogP contribution >= 0.6 is 0 Å². The number of aliphatic hydroxyl groups excluding tert-OH is 1. The smallest absolute Gasteiger partial charge is 0.171 e. The van der Waals surface area contributed by atoms with Gasteiger partial charge in [-0.05, 0) is 28.2 Å². The van der Waals surface area contributed by atoms with Crippen LogP contribution < -0.4 is 27.2 Å². The molecule has 0 bridgehead atoms. The molecule has 13 nitrogen and oxygen atoms in total. The van der Waals surface area contributed by atoms with Crippen LogP contribution in [0.4, 0.5) is 0 Å². The number of aliphatic hydroxyl groups is 1. The minimum atomic E-state index is -0.360. The van der Waals surface area contributed by atoms with Gasteiger partial charge < -0.3 is 21.1 Å². The highest BCUT2D eigenvalue weighted by atomic mass is 16.3. The van der Waals surface area contributed by atoms with Crippen LogP contribution in [-0.2, 0) is 24.9 Å². The fraction of sp³-hybridized carbons (Fsp3) is 0.737. The van der Waals surface area contributed by atoms with Crippen molar-refractivity contribution in [2.75, 3.05) is 41.3 Å². The number of H-pyrrole nitrogens is 1. The Balaban J connectivity index is -0.0000000694. The Morgan fingerprint density at radius 2 is 1.53 bits per heavy atom. The molecule has 2 aromatic heterocycles. The maximum atomic E-state index is 10.1. The number of nitrogens with two attached hydrogens (primary N) is 1. The number of ketones is 1. The van der Waals surface area contributed by atoms with Gasteiger partial charge in [0.15, 0.2) is 5.78 Å². The Morgan fingerprint density at radius 3 is 1.81 bits per heavy atom. The molecule has 2 rings (SSSR count). The van der Waals surface area contributed by atoms with E-state index >= 15 is 0 Å². The molecule has 0 atom stereocenters. The molecule has 0 fully saturated rings. The van der Waals surface area contributed by atoms with Gasteiger partial charge in [-0.25, -0.2) is 0 Å². The number of carbonyl (C=O) groups is 1. The third-order valence-corrected chi connectivity index (χ3v) is 2.38. The molecule has 0 amide bonds. The molecule has 0 aliphatic carbocycles. The molecule has 0 spiro atoms. The van der Waals surface area contributed by atoms with E-state index in [4.69, 9.17) is 5.11 Å². The van der Waals surface area contributed by atoms with Crippen LogP contribution in [0.25, 0.3) is 0 Å². The third-order valence-electron chi connectivity index (χ3n) is 2.38. The predicted octanol–water partition coefficient (Wildman–Crippen LogP) is -0.160. The number of aryl methyl sites for hydroxylation is 1. The van der Waals surface area contributed by atoms with Crippen LogP contribution in [0.15, 0.2) is 12.4 Å². The summed E-state index contributed by atoms with van der Waals surface area (Å²) in [6.45, 7) is 5.46. The molecule has 2 aromatic rings. The Hall–Kier alpha value is -2.29. The fourth-order valence-electron chi connectivity index (χ4n) is 1.39. The van der Waals surface area contributed by atoms with Crippen LogP contribution in [0.2, 0.25) is 0 Å². The lowest BCUT2D eigenvalue weighted by molar-refractivity contribution is -0.120. The zero-order valence-corrected chi connectivity index (χ0v) is 18.7. The van der Waals surface area contributed by atoms with E-state index in [9.17, 15) is 4.79 Å². The fourth-order valence-corrected chi connectivity index (χ4v) is 1.39. The van der Waals surface area contributed by atoms with Gasteiger partial charge >= 0.3 is 0 Å². The first-order valence-electron chi connectivity index (χ1n) is 9.12. The Labute approximate surface area is 195 Å². The topological polar surface area (TPSA) is 184 Å². The monoisotopic (exact) mass is 465 g/mol. The molecule has 0 saturated heterocycles. The maximum Gasteiger partial charge on any atom is 0.171 e. The van der Waals surface area contributed by atoms with Crippen LogP contribution in [0, 0.1) is 0 Å². The summed E-state index contributed by atoms with van der Waals surface area (Å²) in [6.07, 6.45) is 3.44. The largest absolute Gasteiger partial charge is 0.389 e. The van der Waals surface area contributed by atoms with E-state index in [0.717, 1.165) is 24.5 Å². The second kappa shape index (κ2) is 36.1. The highest BCUT2D eigenvalue weighted by molar-refractivity contribution is 5.81. The van der Waals surface area contributed by atoms with E-state index in [1.807, 2.05) is 27.9 Å². The first-order chi connectivity index (χ1) is 14.0. The highest BCUT2D eigenvalue weighted by Gasteiger charge is 1.93. The van der Waals surface area contributed by atoms with Gasteiger partial charge in [-0.2, -0.15) is 30.4 Å². The number of aromatic amines is 1. The zero-order chi connectivity index (χ0) is 22.9. The summed E-state index contributed by atoms with van der Waals surface area (Å²) >= 11 is 0. The quantitative estimate of drug-likeness (QED) is 0.213. The van der Waals surface area contributed by atoms with E-state index in [1.54, 1.807) is 38.3 Å². The SMILES string of the molecule is C.C.C.CC.CNCC(=O)CO.CNCc1cn[nH]n1.CNCc1cnn(C)n1.CNN. The third kappa shape index (κ3) is 32.4. The van der Waals surface area contributed by atoms with Crippen LogP contribution in [0.3, 0.4) is 0 Å². The number of hydrazine groups is 1. The van der Waals surface area contributed by atoms with Crippen molar-refractivity contribution in [2.24, 2.45) is 12.9 Å². The molecule has 0 saturated carbocycles. The van der Waals surface area contributed by atoms with Gasteiger partial charge in [0.1, 0.15) is 6.61 Å². The highest BCUT2D eigenvalue weighted by Crippen LogP contribution is 1.86. The molecule has 2 heterocycles. The standard InChI is InChI=1S/C5H10N4.C4H8N4.C4H9NO2.C2H6.CH6N2.3CH4/c1-6-3-5-4-7-9(2)8-5;1-5-2-4-3-6-8-7-4;1-5-2-4(7)3-6;1-2;1-3-2;;;/h4,6H,3H2,1-2H3;3,5H,2H2,1H3,(H,6,7,8);5-6H,2-3H2,1H3;1-2H3;3H,2H2,1H3;3*1H4. The lowest BCUT2D eigenvalue weighted by Gasteiger charge is -1.89. The molecule has 0 aliphatic heterocycles. The van der Waals surface area contributed by atoms with Crippen molar-refractivity contribution in [1.29, 1.82) is 0 Å². The molecule has 0 aromatic carbocycles. The molecular weight excluding hydrogens is 414 g/mol. The normalized spacial score (nSPS) is 7.91. The van der Waals surface area contributed by atoms with E-state index in [-0.39, 0.29) is 41.2 Å². The molecule has 8 N–H and O–H groups in total. The van der Waals surface area contributed by atoms with Gasteiger partial charge in [0, 0.05) is 20.1 Å². The summed E-state index contributed by atoms with van der Waals surface area (Å²) in [5, 5.41) is 34.5. The lowest BCUT2D eigenvalue weighted by Crippen LogP contribution is -2.20. The van der Waals surface area contributed by atoms with Crippen molar-refractivity contribution < 1.29 is 9.90 Å². The van der Waals surface area contributed by atoms with Crippen molar-refractivity contribution in [2.45, 2.75) is 49.2 Å². The number of nitrogens with one attached hydrogen (secondary N) is 5. The van der Waals surface area contributed by atoms with Crippen molar-refractivity contribution >= 4 is 5.78 Å². The number of hydrogen-bond donors (Lipinski definition) is 7. The molecule has 194 valence electrons. The minimum Gasteiger partial charge on any atom is -0.389 e. The molecular formula is C19H51N11O2. The second-order valence-corrected chi connectivity index (χ2v) is 4.86. The van der Waals surface area contributed by atoms with E-state index in [1.165, 1.54) is 0 Å². The summed E-state index contributed by atoms with van der Waals surface area (Å²) in [4.78, 5) is 11.6. The van der Waals surface area contributed by atoms with E-state index < -0.39 is 0 Å². The zero-order valence-electron chi connectivity index (χ0n) is 18.7. The van der Waals surface area contributed by atoms with Gasteiger partial charge in [-0.1, -0.05) is 36.1 Å². The second-order valence-electron chi connectivity index (χ2n) is 4.86. The molecule has 0 aliphatic rings. The van der Waals surface area contributed by atoms with Crippen molar-refractivity contribution in [1.82, 2.24) is 51.8 Å². The van der Waals surface area contributed by atoms with E-state index in [2.05, 4.69) is 52.8 Å². The molecule has 0 radical (unpaired) electrons. The Morgan fingerprint density at radius 1 is 1.03 bits per heavy atom. The Kier molecular flexibility index (Phi) is 49.1. The number of likely N-dealkylation sites (N-methyl/N-ethyl adjacent to an activating group) is 1. The number of hydrogen-bond acceptors (Lipinski definition) is 11. The molecule has 0 unspecified atom stereocenters. The van der Waals surface area contributed by atoms with Crippen LogP contribution in [0.1, 0.15) is 47.5 Å². The number of Topliss-reactive ketones (excluding diaryl/α,β-unsaturated/α-hetero) is 1.